The SMILES string of the molecule is COc1c(C=O)cc(C)cc1-c1nccc(C)c1F. The van der Waals surface area contributed by atoms with Gasteiger partial charge in [-0.15, -0.1) is 0 Å². The number of hydrogen-bond donors (Lipinski definition) is 0. The predicted molar refractivity (Wildman–Crippen MR) is 71.0 cm³/mol. The van der Waals surface area contributed by atoms with Crippen molar-refractivity contribution < 1.29 is 13.9 Å². The van der Waals surface area contributed by atoms with E-state index in [0.29, 0.717) is 28.7 Å². The number of hydrogen-bond acceptors (Lipinski definition) is 3. The molecule has 19 heavy (non-hydrogen) atoms. The summed E-state index contributed by atoms with van der Waals surface area (Å²) in [5.74, 6) is -0.0548. The molecule has 0 bridgehead atoms. The van der Waals surface area contributed by atoms with Crippen LogP contribution in [0.15, 0.2) is 24.4 Å². The van der Waals surface area contributed by atoms with Crippen molar-refractivity contribution in [3.8, 4) is 17.0 Å². The number of aldehydes is 1. The predicted octanol–water partition coefficient (Wildman–Crippen LogP) is 3.33. The van der Waals surface area contributed by atoms with E-state index in [1.807, 2.05) is 6.92 Å². The van der Waals surface area contributed by atoms with Crippen molar-refractivity contribution in [2.45, 2.75) is 13.8 Å². The number of pyridine rings is 1. The minimum atomic E-state index is -0.400. The molecule has 4 heteroatoms. The lowest BCUT2D eigenvalue weighted by molar-refractivity contribution is 0.112. The highest BCUT2D eigenvalue weighted by Crippen LogP contribution is 2.34. The van der Waals surface area contributed by atoms with E-state index < -0.39 is 5.82 Å². The molecule has 0 spiro atoms. The summed E-state index contributed by atoms with van der Waals surface area (Å²) >= 11 is 0. The Morgan fingerprint density at radius 3 is 2.68 bits per heavy atom. The van der Waals surface area contributed by atoms with Gasteiger partial charge < -0.3 is 4.74 Å². The van der Waals surface area contributed by atoms with Gasteiger partial charge in [-0.25, -0.2) is 4.39 Å². The van der Waals surface area contributed by atoms with Gasteiger partial charge in [0.1, 0.15) is 11.4 Å². The van der Waals surface area contributed by atoms with E-state index in [2.05, 4.69) is 4.98 Å². The van der Waals surface area contributed by atoms with Crippen LogP contribution in [0.2, 0.25) is 0 Å². The highest BCUT2D eigenvalue weighted by atomic mass is 19.1. The summed E-state index contributed by atoms with van der Waals surface area (Å²) in [6.07, 6.45) is 2.24. The Kier molecular flexibility index (Phi) is 3.60. The Bertz CT molecular complexity index is 638. The van der Waals surface area contributed by atoms with Crippen molar-refractivity contribution in [1.29, 1.82) is 0 Å². The number of aromatic nitrogens is 1. The maximum absolute atomic E-state index is 14.2. The van der Waals surface area contributed by atoms with Gasteiger partial charge in [-0.1, -0.05) is 0 Å². The quantitative estimate of drug-likeness (QED) is 0.794. The Labute approximate surface area is 111 Å². The van der Waals surface area contributed by atoms with Gasteiger partial charge >= 0.3 is 0 Å². The van der Waals surface area contributed by atoms with Crippen LogP contribution in [0.1, 0.15) is 21.5 Å². The molecule has 2 aromatic rings. The molecule has 2 rings (SSSR count). The Morgan fingerprint density at radius 1 is 1.32 bits per heavy atom. The van der Waals surface area contributed by atoms with Crippen LogP contribution < -0.4 is 4.74 Å². The van der Waals surface area contributed by atoms with Gasteiger partial charge in [0.15, 0.2) is 12.1 Å². The van der Waals surface area contributed by atoms with E-state index in [1.165, 1.54) is 13.3 Å². The molecule has 98 valence electrons. The molecule has 0 N–H and O–H groups in total. The highest BCUT2D eigenvalue weighted by Gasteiger charge is 2.17. The van der Waals surface area contributed by atoms with Crippen LogP contribution in [-0.2, 0) is 0 Å². The summed E-state index contributed by atoms with van der Waals surface area (Å²) < 4.78 is 19.4. The van der Waals surface area contributed by atoms with Crippen molar-refractivity contribution in [2.75, 3.05) is 7.11 Å². The number of benzene rings is 1. The molecule has 0 radical (unpaired) electrons. The number of nitrogens with zero attached hydrogens (tertiary/aromatic N) is 1. The lowest BCUT2D eigenvalue weighted by Crippen LogP contribution is -1.99. The molecule has 0 amide bonds. The van der Waals surface area contributed by atoms with E-state index >= 15 is 0 Å². The molecule has 0 aliphatic rings. The van der Waals surface area contributed by atoms with Crippen LogP contribution in [0.3, 0.4) is 0 Å². The molecule has 1 aromatic heterocycles. The summed E-state index contributed by atoms with van der Waals surface area (Å²) in [5, 5.41) is 0. The molecule has 1 heterocycles. The van der Waals surface area contributed by atoms with Gasteiger partial charge in [-0.05, 0) is 43.2 Å². The topological polar surface area (TPSA) is 39.2 Å². The van der Waals surface area contributed by atoms with E-state index in [4.69, 9.17) is 4.74 Å². The average molecular weight is 259 g/mol. The fraction of sp³-hybridized carbons (Fsp3) is 0.200. The summed E-state index contributed by atoms with van der Waals surface area (Å²) in [6, 6.07) is 5.06. The van der Waals surface area contributed by atoms with Crippen LogP contribution in [0.5, 0.6) is 5.75 Å². The van der Waals surface area contributed by atoms with Gasteiger partial charge in [-0.2, -0.15) is 0 Å². The molecule has 0 saturated carbocycles. The van der Waals surface area contributed by atoms with Gasteiger partial charge in [0.25, 0.3) is 0 Å². The van der Waals surface area contributed by atoms with Crippen molar-refractivity contribution >= 4 is 6.29 Å². The molecule has 0 saturated heterocycles. The van der Waals surface area contributed by atoms with Crippen LogP contribution in [0.4, 0.5) is 4.39 Å². The first kappa shape index (κ1) is 13.2. The monoisotopic (exact) mass is 259 g/mol. The van der Waals surface area contributed by atoms with Crippen LogP contribution >= 0.6 is 0 Å². The third-order valence-corrected chi connectivity index (χ3v) is 2.93. The zero-order valence-electron chi connectivity index (χ0n) is 11.0. The Hall–Kier alpha value is -2.23. The minimum absolute atomic E-state index is 0.198. The number of methoxy groups -OCH3 is 1. The number of carbonyl (C=O) groups excluding carboxylic acids is 1. The molecule has 0 atom stereocenters. The average Bonchev–Trinajstić information content (AvgIpc) is 2.40. The summed E-state index contributed by atoms with van der Waals surface area (Å²) in [5.41, 5.74) is 2.43. The van der Waals surface area contributed by atoms with Crippen LogP contribution in [-0.4, -0.2) is 18.4 Å². The normalized spacial score (nSPS) is 10.3. The second-order valence-corrected chi connectivity index (χ2v) is 4.34. The summed E-state index contributed by atoms with van der Waals surface area (Å²) in [7, 11) is 1.45. The number of carbonyl (C=O) groups is 1. The molecular formula is C15H14FNO2. The van der Waals surface area contributed by atoms with E-state index in [-0.39, 0.29) is 5.69 Å². The van der Waals surface area contributed by atoms with Crippen LogP contribution in [0.25, 0.3) is 11.3 Å². The number of ether oxygens (including phenoxy) is 1. The lowest BCUT2D eigenvalue weighted by atomic mass is 10.0. The zero-order chi connectivity index (χ0) is 14.0. The fourth-order valence-corrected chi connectivity index (χ4v) is 2.02. The standard InChI is InChI=1S/C15H14FNO2/c1-9-6-11(8-18)15(19-3)12(7-9)14-13(16)10(2)4-5-17-14/h4-8H,1-3H3. The van der Waals surface area contributed by atoms with Crippen LogP contribution in [0, 0.1) is 19.7 Å². The van der Waals surface area contributed by atoms with Crippen molar-refractivity contribution in [1.82, 2.24) is 4.98 Å². The van der Waals surface area contributed by atoms with Gasteiger partial charge in [0.2, 0.25) is 0 Å². The first-order chi connectivity index (χ1) is 9.08. The maximum atomic E-state index is 14.2. The van der Waals surface area contributed by atoms with E-state index in [9.17, 15) is 9.18 Å². The van der Waals surface area contributed by atoms with Crippen molar-refractivity contribution in [3.05, 3.63) is 46.9 Å². The highest BCUT2D eigenvalue weighted by molar-refractivity contribution is 5.86. The van der Waals surface area contributed by atoms with Gasteiger partial charge in [-0.3, -0.25) is 9.78 Å². The largest absolute Gasteiger partial charge is 0.495 e. The minimum Gasteiger partial charge on any atom is -0.495 e. The third-order valence-electron chi connectivity index (χ3n) is 2.93. The maximum Gasteiger partial charge on any atom is 0.153 e. The van der Waals surface area contributed by atoms with Crippen molar-refractivity contribution in [3.63, 3.8) is 0 Å². The summed E-state index contributed by atoms with van der Waals surface area (Å²) in [4.78, 5) is 15.1. The molecule has 0 aliphatic heterocycles. The molecule has 0 unspecified atom stereocenters. The fourth-order valence-electron chi connectivity index (χ4n) is 2.02. The van der Waals surface area contributed by atoms with Gasteiger partial charge in [0.05, 0.1) is 12.7 Å². The first-order valence-corrected chi connectivity index (χ1v) is 5.83. The lowest BCUT2D eigenvalue weighted by Gasteiger charge is -2.13. The Morgan fingerprint density at radius 2 is 2.05 bits per heavy atom. The summed E-state index contributed by atoms with van der Waals surface area (Å²) in [6.45, 7) is 3.51. The smallest absolute Gasteiger partial charge is 0.153 e. The molecular weight excluding hydrogens is 245 g/mol. The zero-order valence-corrected chi connectivity index (χ0v) is 11.0. The van der Waals surface area contributed by atoms with E-state index in [1.54, 1.807) is 25.1 Å². The number of halogens is 1. The molecule has 0 aliphatic carbocycles. The number of aryl methyl sites for hydroxylation is 2. The van der Waals surface area contributed by atoms with Gasteiger partial charge in [0, 0.05) is 11.8 Å². The molecule has 0 fully saturated rings. The van der Waals surface area contributed by atoms with E-state index in [0.717, 1.165) is 5.56 Å². The second kappa shape index (κ2) is 5.18. The third kappa shape index (κ3) is 2.34. The Balaban J connectivity index is 2.77. The second-order valence-electron chi connectivity index (χ2n) is 4.34. The number of rotatable bonds is 3. The molecule has 1 aromatic carbocycles. The first-order valence-electron chi connectivity index (χ1n) is 5.83. The van der Waals surface area contributed by atoms with Crippen molar-refractivity contribution in [2.24, 2.45) is 0 Å². The molecule has 3 nitrogen and oxygen atoms in total.